The van der Waals surface area contributed by atoms with Gasteiger partial charge >= 0.3 is 10.8 Å². The lowest BCUT2D eigenvalue weighted by Crippen LogP contribution is -2.23. The predicted octanol–water partition coefficient (Wildman–Crippen LogP) is 3.13. The summed E-state index contributed by atoms with van der Waals surface area (Å²) >= 11 is 0.897. The Labute approximate surface area is 177 Å². The van der Waals surface area contributed by atoms with E-state index in [1.807, 2.05) is 24.3 Å². The van der Waals surface area contributed by atoms with Gasteiger partial charge in [0.1, 0.15) is 16.4 Å². The van der Waals surface area contributed by atoms with Crippen LogP contribution in [0.3, 0.4) is 0 Å². The molecule has 156 valence electrons. The van der Waals surface area contributed by atoms with Gasteiger partial charge in [-0.05, 0) is 30.7 Å². The number of ether oxygens (including phenoxy) is 2. The minimum absolute atomic E-state index is 0.205. The lowest BCUT2D eigenvalue weighted by atomic mass is 10.2. The van der Waals surface area contributed by atoms with Gasteiger partial charge in [-0.15, -0.1) is 0 Å². The maximum Gasteiger partial charge on any atom is 0.308 e. The van der Waals surface area contributed by atoms with E-state index in [9.17, 15) is 14.4 Å². The van der Waals surface area contributed by atoms with Gasteiger partial charge in [0.05, 0.1) is 13.7 Å². The molecule has 3 aromatic rings. The Morgan fingerprint density at radius 1 is 1.10 bits per heavy atom. The van der Waals surface area contributed by atoms with E-state index in [4.69, 9.17) is 9.47 Å². The monoisotopic (exact) mass is 426 g/mol. The van der Waals surface area contributed by atoms with Crippen LogP contribution < -0.4 is 19.7 Å². The van der Waals surface area contributed by atoms with Crippen LogP contribution in [0.2, 0.25) is 0 Å². The first-order valence-corrected chi connectivity index (χ1v) is 10.1. The fourth-order valence-corrected chi connectivity index (χ4v) is 3.84. The average molecular weight is 426 g/mol. The highest BCUT2D eigenvalue weighted by molar-refractivity contribution is 7.11. The maximum absolute atomic E-state index is 12.6. The highest BCUT2D eigenvalue weighted by Crippen LogP contribution is 2.21. The summed E-state index contributed by atoms with van der Waals surface area (Å²) in [6.07, 6.45) is 0. The number of para-hydroxylation sites is 1. The molecule has 0 saturated heterocycles. The van der Waals surface area contributed by atoms with Crippen LogP contribution in [-0.2, 0) is 17.9 Å². The normalized spacial score (nSPS) is 10.5. The molecule has 0 atom stereocenters. The number of esters is 1. The predicted molar refractivity (Wildman–Crippen MR) is 114 cm³/mol. The molecule has 7 nitrogen and oxygen atoms in total. The Morgan fingerprint density at radius 2 is 1.80 bits per heavy atom. The Kier molecular flexibility index (Phi) is 6.68. The first-order valence-electron chi connectivity index (χ1n) is 9.26. The van der Waals surface area contributed by atoms with E-state index >= 15 is 0 Å². The number of nitrogens with one attached hydrogen (secondary N) is 1. The Morgan fingerprint density at radius 3 is 2.47 bits per heavy atom. The topological polar surface area (TPSA) is 86.6 Å². The molecule has 1 aromatic heterocycles. The minimum Gasteiger partial charge on any atom is -0.497 e. The molecule has 3 rings (SSSR count). The lowest BCUT2D eigenvalue weighted by Gasteiger charge is -2.11. The number of thiazole rings is 1. The van der Waals surface area contributed by atoms with Crippen molar-refractivity contribution in [3.05, 3.63) is 79.9 Å². The number of hydrogen-bond donors (Lipinski definition) is 1. The van der Waals surface area contributed by atoms with Crippen LogP contribution in [0.1, 0.15) is 33.4 Å². The van der Waals surface area contributed by atoms with Gasteiger partial charge in [-0.1, -0.05) is 41.7 Å². The molecule has 1 amide bonds. The van der Waals surface area contributed by atoms with E-state index < -0.39 is 5.97 Å². The molecule has 0 spiro atoms. The Balaban J connectivity index is 1.76. The number of amides is 1. The number of carbonyl (C=O) groups is 2. The second-order valence-electron chi connectivity index (χ2n) is 6.60. The van der Waals surface area contributed by atoms with Crippen molar-refractivity contribution in [2.75, 3.05) is 7.11 Å². The van der Waals surface area contributed by atoms with E-state index in [0.717, 1.165) is 22.6 Å². The maximum atomic E-state index is 12.6. The van der Waals surface area contributed by atoms with Gasteiger partial charge < -0.3 is 14.8 Å². The third kappa shape index (κ3) is 4.96. The van der Waals surface area contributed by atoms with Crippen LogP contribution in [-0.4, -0.2) is 23.6 Å². The molecule has 0 saturated carbocycles. The molecular weight excluding hydrogens is 404 g/mol. The summed E-state index contributed by atoms with van der Waals surface area (Å²) in [7, 11) is 1.59. The van der Waals surface area contributed by atoms with Gasteiger partial charge in [0.2, 0.25) is 0 Å². The fraction of sp³-hybridized carbons (Fsp3) is 0.227. The van der Waals surface area contributed by atoms with Crippen molar-refractivity contribution in [2.24, 2.45) is 0 Å². The van der Waals surface area contributed by atoms with Gasteiger partial charge in [-0.25, -0.2) is 0 Å². The number of carbonyl (C=O) groups excluding carboxylic acids is 2. The fourth-order valence-electron chi connectivity index (χ4n) is 2.93. The molecule has 0 radical (unpaired) electrons. The lowest BCUT2D eigenvalue weighted by molar-refractivity contribution is -0.131. The van der Waals surface area contributed by atoms with E-state index in [2.05, 4.69) is 5.32 Å². The molecule has 1 heterocycles. The average Bonchev–Trinajstić information content (AvgIpc) is 3.01. The number of rotatable bonds is 7. The van der Waals surface area contributed by atoms with E-state index in [1.165, 1.54) is 11.5 Å². The zero-order chi connectivity index (χ0) is 21.7. The molecule has 1 N–H and O–H groups in total. The molecule has 0 aliphatic rings. The first-order chi connectivity index (χ1) is 14.4. The van der Waals surface area contributed by atoms with Crippen molar-refractivity contribution in [3.63, 3.8) is 0 Å². The highest BCUT2D eigenvalue weighted by Gasteiger charge is 2.19. The molecule has 0 aliphatic carbocycles. The number of nitrogens with zero attached hydrogens (tertiary/aromatic N) is 1. The first kappa shape index (κ1) is 21.3. The van der Waals surface area contributed by atoms with Crippen LogP contribution in [0.5, 0.6) is 11.5 Å². The van der Waals surface area contributed by atoms with E-state index in [0.29, 0.717) is 28.4 Å². The molecule has 30 heavy (non-hydrogen) atoms. The molecule has 8 heteroatoms. The van der Waals surface area contributed by atoms with Gasteiger partial charge in [0, 0.05) is 24.7 Å². The van der Waals surface area contributed by atoms with E-state index in [1.54, 1.807) is 38.3 Å². The van der Waals surface area contributed by atoms with Crippen molar-refractivity contribution < 1.29 is 19.1 Å². The number of benzene rings is 2. The third-order valence-electron chi connectivity index (χ3n) is 4.52. The SMILES string of the molecule is COc1ccc(CNC(=O)c2sc(=O)n(Cc3ccccc3OC(C)=O)c2C)cc1. The standard InChI is InChI=1S/C22H22N2O5S/c1-14-20(21(26)23-12-16-8-10-18(28-3)11-9-16)30-22(27)24(14)13-17-6-4-5-7-19(17)29-15(2)25/h4-11H,12-13H2,1-3H3,(H,23,26). The quantitative estimate of drug-likeness (QED) is 0.463. The third-order valence-corrected chi connectivity index (χ3v) is 5.60. The zero-order valence-corrected chi connectivity index (χ0v) is 17.7. The van der Waals surface area contributed by atoms with Crippen molar-refractivity contribution in [1.29, 1.82) is 0 Å². The van der Waals surface area contributed by atoms with Crippen LogP contribution in [0, 0.1) is 6.92 Å². The van der Waals surface area contributed by atoms with Gasteiger partial charge in [-0.3, -0.25) is 19.0 Å². The summed E-state index contributed by atoms with van der Waals surface area (Å²) < 4.78 is 11.8. The molecular formula is C22H22N2O5S. The molecule has 2 aromatic carbocycles. The van der Waals surface area contributed by atoms with Gasteiger partial charge in [-0.2, -0.15) is 0 Å². The largest absolute Gasteiger partial charge is 0.497 e. The summed E-state index contributed by atoms with van der Waals surface area (Å²) in [5.41, 5.74) is 2.17. The van der Waals surface area contributed by atoms with Crippen molar-refractivity contribution >= 4 is 23.2 Å². The van der Waals surface area contributed by atoms with Crippen molar-refractivity contribution in [3.8, 4) is 11.5 Å². The highest BCUT2D eigenvalue weighted by atomic mass is 32.1. The second kappa shape index (κ2) is 9.41. The smallest absolute Gasteiger partial charge is 0.308 e. The number of hydrogen-bond acceptors (Lipinski definition) is 6. The number of methoxy groups -OCH3 is 1. The summed E-state index contributed by atoms with van der Waals surface area (Å²) in [6, 6.07) is 14.4. The summed E-state index contributed by atoms with van der Waals surface area (Å²) in [6.45, 7) is 3.60. The summed E-state index contributed by atoms with van der Waals surface area (Å²) in [4.78, 5) is 36.6. The summed E-state index contributed by atoms with van der Waals surface area (Å²) in [5.74, 6) is 0.395. The second-order valence-corrected chi connectivity index (χ2v) is 7.56. The van der Waals surface area contributed by atoms with Crippen LogP contribution in [0.25, 0.3) is 0 Å². The summed E-state index contributed by atoms with van der Waals surface area (Å²) in [5, 5.41) is 2.84. The molecule has 0 fully saturated rings. The zero-order valence-electron chi connectivity index (χ0n) is 16.9. The van der Waals surface area contributed by atoms with Crippen LogP contribution in [0.4, 0.5) is 0 Å². The van der Waals surface area contributed by atoms with Crippen LogP contribution >= 0.6 is 11.3 Å². The van der Waals surface area contributed by atoms with Gasteiger partial charge in [0.25, 0.3) is 5.91 Å². The van der Waals surface area contributed by atoms with Crippen molar-refractivity contribution in [2.45, 2.75) is 26.9 Å². The minimum atomic E-state index is -0.435. The van der Waals surface area contributed by atoms with Crippen LogP contribution in [0.15, 0.2) is 53.3 Å². The molecule has 0 bridgehead atoms. The number of aromatic nitrogens is 1. The Hall–Kier alpha value is -3.39. The molecule has 0 aliphatic heterocycles. The Bertz CT molecular complexity index is 1120. The van der Waals surface area contributed by atoms with Gasteiger partial charge in [0.15, 0.2) is 0 Å². The molecule has 0 unspecified atom stereocenters. The van der Waals surface area contributed by atoms with E-state index in [-0.39, 0.29) is 17.3 Å². The van der Waals surface area contributed by atoms with Crippen molar-refractivity contribution in [1.82, 2.24) is 9.88 Å².